The Labute approximate surface area is 407 Å². The van der Waals surface area contributed by atoms with Gasteiger partial charge in [0.15, 0.2) is 6.29 Å². The third kappa shape index (κ3) is 27.6. The van der Waals surface area contributed by atoms with Gasteiger partial charge in [-0.05, 0) is 88.0 Å². The molecule has 60 heavy (non-hydrogen) atoms. The maximum atomic E-state index is 10.8. The SMILES string of the molecule is CC#N.Cc1ccnc(C2=NC=CC2)c1.Cc1ccnc(C2=NCCC2)c1.Cc1ccnc(C=O)c1.ClCCl.NCCN.O=c1n(Cl)c(=O)n(Cl)c(=O)n1Cl.[2H][B].[B]=NS.[U]. The van der Waals surface area contributed by atoms with E-state index in [1.54, 1.807) is 18.3 Å². The molecule has 4 N–H and O–H groups in total. The smallest absolute Gasteiger partial charge is 0 e. The van der Waals surface area contributed by atoms with Gasteiger partial charge >= 0.3 is 41.8 Å². The van der Waals surface area contributed by atoms with Crippen LogP contribution in [0.4, 0.5) is 0 Å². The molecule has 2 aliphatic heterocycles. The minimum atomic E-state index is -1.16. The summed E-state index contributed by atoms with van der Waals surface area (Å²) in [6.07, 6.45) is 13.1. The molecule has 6 rings (SSSR count). The van der Waals surface area contributed by atoms with Crippen molar-refractivity contribution in [1.29, 1.82) is 6.60 Å². The van der Waals surface area contributed by atoms with E-state index < -0.39 is 17.1 Å². The number of carbonyl (C=O) groups excluding carboxylic acids is 1. The number of allylic oxidation sites excluding steroid dienone is 1. The topological polar surface area (TPSA) is 235 Å². The fourth-order valence-electron chi connectivity index (χ4n) is 3.77. The van der Waals surface area contributed by atoms with Crippen molar-refractivity contribution in [2.75, 3.05) is 25.0 Å². The Morgan fingerprint density at radius 3 is 1.55 bits per heavy atom. The van der Waals surface area contributed by atoms with Crippen LogP contribution in [0.25, 0.3) is 0 Å². The van der Waals surface area contributed by atoms with Crippen molar-refractivity contribution in [3.8, 4) is 6.07 Å². The maximum Gasteiger partial charge on any atom is 0 e. The molecule has 0 aliphatic carbocycles. The first-order valence-corrected chi connectivity index (χ1v) is 19.0. The molecule has 6 heterocycles. The largest absolute Gasteiger partial charge is 0 e. The van der Waals surface area contributed by atoms with Gasteiger partial charge < -0.3 is 11.5 Å². The number of nitrogens with two attached hydrogens (primary N) is 2. The number of hydrogen-bond acceptors (Lipinski definition) is 14. The molecular weight excluding hydrogens is 1120 g/mol. The van der Waals surface area contributed by atoms with Crippen molar-refractivity contribution in [3.05, 3.63) is 132 Å². The van der Waals surface area contributed by atoms with Gasteiger partial charge in [-0.1, -0.05) is 6.08 Å². The third-order valence-corrected chi connectivity index (χ3v) is 7.04. The van der Waals surface area contributed by atoms with Gasteiger partial charge in [0.1, 0.15) is 5.69 Å². The van der Waals surface area contributed by atoms with Gasteiger partial charge in [-0.15, -0.1) is 35.5 Å². The van der Waals surface area contributed by atoms with E-state index in [9.17, 15) is 19.2 Å². The first-order chi connectivity index (χ1) is 28.7. The molecule has 0 unspecified atom stereocenters. The summed E-state index contributed by atoms with van der Waals surface area (Å²) in [5, 5.41) is 7.51. The Balaban J connectivity index is -0.000000320. The number of aldehydes is 1. The fraction of sp³-hybridized carbons (Fsp3) is 0.314. The van der Waals surface area contributed by atoms with Crippen molar-refractivity contribution < 1.29 is 35.9 Å². The molecule has 319 valence electrons. The molecule has 0 amide bonds. The summed E-state index contributed by atoms with van der Waals surface area (Å²) in [6.45, 7) is 9.68. The van der Waals surface area contributed by atoms with Gasteiger partial charge in [-0.2, -0.15) is 5.26 Å². The molecule has 0 atom stereocenters. The number of hydrogen-bond donors (Lipinski definition) is 3. The Kier molecular flexibility index (Phi) is 40.6. The molecule has 0 saturated heterocycles. The van der Waals surface area contributed by atoms with Crippen LogP contribution >= 0.6 is 71.3 Å². The number of thiol groups is 1. The average molecular weight is 1170 g/mol. The molecule has 0 fully saturated rings. The van der Waals surface area contributed by atoms with Gasteiger partial charge in [-0.25, -0.2) is 14.4 Å². The van der Waals surface area contributed by atoms with E-state index in [4.69, 9.17) is 76.6 Å². The third-order valence-electron chi connectivity index (χ3n) is 6.18. The van der Waals surface area contributed by atoms with Crippen molar-refractivity contribution in [2.45, 2.75) is 47.0 Å². The second-order valence-electron chi connectivity index (χ2n) is 10.6. The number of carbonyl (C=O) groups is 1. The Morgan fingerprint density at radius 2 is 1.27 bits per heavy atom. The summed E-state index contributed by atoms with van der Waals surface area (Å²) in [5.41, 5.74) is 14.7. The van der Waals surface area contributed by atoms with E-state index >= 15 is 0 Å². The summed E-state index contributed by atoms with van der Waals surface area (Å²) in [5.74, 6) is 0. The first kappa shape index (κ1) is 61.1. The van der Waals surface area contributed by atoms with Crippen molar-refractivity contribution in [3.63, 3.8) is 0 Å². The normalized spacial score (nSPS) is 10.9. The number of rotatable bonds is 4. The molecule has 0 saturated carbocycles. The zero-order chi connectivity index (χ0) is 46.5. The summed E-state index contributed by atoms with van der Waals surface area (Å²) in [7, 11) is 8.09. The average Bonchev–Trinajstić information content (AvgIpc) is 4.01. The van der Waals surface area contributed by atoms with Crippen LogP contribution in [-0.4, -0.2) is 87.2 Å². The molecule has 3 radical (unpaired) electrons. The Hall–Kier alpha value is -3.20. The Morgan fingerprint density at radius 1 is 0.883 bits per heavy atom. The van der Waals surface area contributed by atoms with Gasteiger partial charge in [0.05, 0.1) is 34.2 Å². The second-order valence-corrected chi connectivity index (χ2v) is 12.7. The van der Waals surface area contributed by atoms with Gasteiger partial charge in [0.2, 0.25) is 0 Å². The van der Waals surface area contributed by atoms with Crippen molar-refractivity contribution in [1.82, 2.24) is 27.2 Å². The first-order valence-electron chi connectivity index (χ1n) is 17.1. The molecule has 0 spiro atoms. The van der Waals surface area contributed by atoms with Gasteiger partial charge in [-0.3, -0.25) is 29.7 Å². The number of nitriles is 1. The number of alkyl halides is 2. The minimum absolute atomic E-state index is 0. The fourth-order valence-corrected chi connectivity index (χ4v) is 4.34. The standard InChI is InChI=1S/C10H12N2.C10H10N2.C7H7NO.C3Cl3N3O3.C2H8N2.C2H3N.CH2Cl2.BHNS.BH.U/c2*1-8-4-6-12-10(7-8)9-3-2-5-11-9;1-6-2-3-8-7(4-6)5-9;4-7-1(10)8(5)3(12)9(6)2(7)11;3-1-2-4;1-2-3;2-1-3;1-2-3;;/h4,6-7H,2-3,5H2,1H3;2,4-7H,3H2,1H3;2-5H,1H3;;1-4H2;1H3;1H2;3H;1H;/i;;;;;;;;1D;. The summed E-state index contributed by atoms with van der Waals surface area (Å²) in [6, 6.07) is 13.5. The number of aryl methyl sites for hydroxylation is 3. The number of halogens is 5. The minimum Gasteiger partial charge on any atom is 0 e. The number of aromatic nitrogens is 6. The van der Waals surface area contributed by atoms with Crippen LogP contribution in [0.2, 0.25) is 0 Å². The Bertz CT molecular complexity index is 2030. The molecule has 4 aromatic heterocycles. The van der Waals surface area contributed by atoms with Crippen LogP contribution in [0.15, 0.2) is 95.9 Å². The van der Waals surface area contributed by atoms with E-state index in [-0.39, 0.29) is 48.7 Å². The van der Waals surface area contributed by atoms with Crippen molar-refractivity contribution in [2.24, 2.45) is 25.8 Å². The molecule has 4 aromatic rings. The van der Waals surface area contributed by atoms with Crippen molar-refractivity contribution >= 4 is 105 Å². The predicted molar refractivity (Wildman–Crippen MR) is 247 cm³/mol. The molecule has 0 bridgehead atoms. The molecule has 2 aliphatic rings. The molecule has 0 aromatic carbocycles. The molecule has 25 heteroatoms. The van der Waals surface area contributed by atoms with Crippen LogP contribution in [0.5, 0.6) is 0 Å². The zero-order valence-electron chi connectivity index (χ0n) is 34.1. The van der Waals surface area contributed by atoms with Crippen LogP contribution in [-0.2, 0) is 0 Å². The van der Waals surface area contributed by atoms with E-state index in [1.165, 1.54) is 30.2 Å². The van der Waals surface area contributed by atoms with Gasteiger partial charge in [0.25, 0.3) is 0 Å². The van der Waals surface area contributed by atoms with E-state index in [1.807, 2.05) is 49.8 Å². The van der Waals surface area contributed by atoms with Crippen LogP contribution < -0.4 is 28.5 Å². The summed E-state index contributed by atoms with van der Waals surface area (Å²) < 4.78 is 8.20. The summed E-state index contributed by atoms with van der Waals surface area (Å²) in [4.78, 5) is 63.3. The number of pyridine rings is 3. The van der Waals surface area contributed by atoms with E-state index in [0.717, 1.165) is 48.3 Å². The second kappa shape index (κ2) is 39.9. The number of nitrogens with zero attached hydrogens (tertiary/aromatic N) is 10. The predicted octanol–water partition coefficient (Wildman–Crippen LogP) is 4.84. The van der Waals surface area contributed by atoms with Crippen LogP contribution in [0.1, 0.15) is 64.8 Å². The van der Waals surface area contributed by atoms with E-state index in [2.05, 4.69) is 84.0 Å². The summed E-state index contributed by atoms with van der Waals surface area (Å²) >= 11 is 28.0. The number of aliphatic imine (C=N–C) groups is 2. The van der Waals surface area contributed by atoms with E-state index in [0.29, 0.717) is 18.8 Å². The van der Waals surface area contributed by atoms with Crippen LogP contribution in [0.3, 0.4) is 0 Å². The maximum absolute atomic E-state index is 10.8. The molecule has 16 nitrogen and oxygen atoms in total. The monoisotopic (exact) mass is 1160 g/mol. The van der Waals surface area contributed by atoms with Crippen LogP contribution in [0, 0.1) is 63.2 Å². The quantitative estimate of drug-likeness (QED) is 0.109. The molecular formula is C35H44B2Cl5N12O4SU. The van der Waals surface area contributed by atoms with Gasteiger partial charge in [0, 0.05) is 133 Å². The zero-order valence-corrected chi connectivity index (χ0v) is 42.0.